The molecule has 0 aromatic heterocycles. The van der Waals surface area contributed by atoms with Gasteiger partial charge in [-0.3, -0.25) is 33.7 Å². The van der Waals surface area contributed by atoms with Crippen LogP contribution < -0.4 is 21.3 Å². The first-order valence-electron chi connectivity index (χ1n) is 18.8. The van der Waals surface area contributed by atoms with Crippen molar-refractivity contribution in [3.05, 3.63) is 35.4 Å². The van der Waals surface area contributed by atoms with E-state index in [1.54, 1.807) is 24.3 Å². The number of hydrogen-bond acceptors (Lipinski definition) is 7. The molecular formula is C39H56N6O7. The lowest BCUT2D eigenvalue weighted by Gasteiger charge is -2.38. The molecule has 13 heteroatoms. The first-order chi connectivity index (χ1) is 24.3. The quantitative estimate of drug-likeness (QED) is 0.189. The van der Waals surface area contributed by atoms with Crippen molar-refractivity contribution in [1.82, 2.24) is 31.1 Å². The van der Waals surface area contributed by atoms with Crippen molar-refractivity contribution in [3.8, 4) is 0 Å². The van der Waals surface area contributed by atoms with Crippen LogP contribution in [0.4, 0.5) is 4.79 Å². The number of likely N-dealkylation sites (tertiary alicyclic amines) is 1. The molecule has 2 saturated carbocycles. The topological polar surface area (TPSA) is 174 Å². The van der Waals surface area contributed by atoms with Crippen molar-refractivity contribution < 1.29 is 33.6 Å². The van der Waals surface area contributed by atoms with Gasteiger partial charge < -0.3 is 26.2 Å². The zero-order valence-electron chi connectivity index (χ0n) is 31.8. The van der Waals surface area contributed by atoms with Crippen LogP contribution in [0, 0.1) is 28.6 Å². The number of hydrogen-bond donors (Lipinski definition) is 4. The van der Waals surface area contributed by atoms with E-state index >= 15 is 0 Å². The molecule has 284 valence electrons. The molecular weight excluding hydrogens is 664 g/mol. The molecule has 3 fully saturated rings. The summed E-state index contributed by atoms with van der Waals surface area (Å²) in [4.78, 5) is 97.3. The fraction of sp³-hybridized carbons (Fsp3) is 0.667. The van der Waals surface area contributed by atoms with E-state index in [1.165, 1.54) is 4.90 Å². The SMILES string of the molecule is C[C@@H]1[C@@H](C(=O)NC(CC2CCC2)C(=O)C(=O)NC2CC2)N(C(=O)[C@@H](NC(=O)N[C@H](CN2C(=O)c3ccccc3C2=O)C(C)(C)C)C(C)(C)C)C[C@@H]1C. The molecule has 0 radical (unpaired) electrons. The predicted octanol–water partition coefficient (Wildman–Crippen LogP) is 3.42. The molecule has 1 aromatic rings. The van der Waals surface area contributed by atoms with E-state index in [0.29, 0.717) is 17.5 Å². The zero-order valence-corrected chi connectivity index (χ0v) is 31.8. The Bertz CT molecular complexity index is 1570. The van der Waals surface area contributed by atoms with E-state index in [-0.39, 0.29) is 36.9 Å². The van der Waals surface area contributed by atoms with Crippen molar-refractivity contribution in [2.75, 3.05) is 13.1 Å². The van der Waals surface area contributed by atoms with Gasteiger partial charge in [-0.15, -0.1) is 0 Å². The molecule has 2 aliphatic heterocycles. The minimum Gasteiger partial charge on any atom is -0.347 e. The van der Waals surface area contributed by atoms with Crippen molar-refractivity contribution in [2.45, 2.75) is 124 Å². The minimum absolute atomic E-state index is 0.000342. The van der Waals surface area contributed by atoms with Crippen molar-refractivity contribution in [3.63, 3.8) is 0 Å². The van der Waals surface area contributed by atoms with Gasteiger partial charge in [-0.2, -0.15) is 0 Å². The fourth-order valence-corrected chi connectivity index (χ4v) is 7.25. The summed E-state index contributed by atoms with van der Waals surface area (Å²) in [5.74, 6) is -3.23. The van der Waals surface area contributed by atoms with Crippen LogP contribution in [0.2, 0.25) is 0 Å². The summed E-state index contributed by atoms with van der Waals surface area (Å²) in [6.07, 6.45) is 4.94. The normalized spacial score (nSPS) is 23.7. The van der Waals surface area contributed by atoms with Gasteiger partial charge in [0.2, 0.25) is 17.6 Å². The molecule has 52 heavy (non-hydrogen) atoms. The Balaban J connectivity index is 1.30. The van der Waals surface area contributed by atoms with Crippen LogP contribution in [0.3, 0.4) is 0 Å². The summed E-state index contributed by atoms with van der Waals surface area (Å²) >= 11 is 0. The van der Waals surface area contributed by atoms with Crippen LogP contribution in [0.5, 0.6) is 0 Å². The van der Waals surface area contributed by atoms with Crippen LogP contribution >= 0.6 is 0 Å². The van der Waals surface area contributed by atoms with Gasteiger partial charge in [0.1, 0.15) is 12.1 Å². The molecule has 2 heterocycles. The molecule has 0 spiro atoms. The second-order valence-electron chi connectivity index (χ2n) is 17.6. The number of amides is 7. The third kappa shape index (κ3) is 8.50. The van der Waals surface area contributed by atoms with E-state index in [2.05, 4.69) is 21.3 Å². The second kappa shape index (κ2) is 15.0. The Hall–Kier alpha value is -4.29. The van der Waals surface area contributed by atoms with Crippen molar-refractivity contribution in [1.29, 1.82) is 0 Å². The van der Waals surface area contributed by atoms with Gasteiger partial charge in [0.25, 0.3) is 17.7 Å². The number of urea groups is 1. The molecule has 0 bridgehead atoms. The monoisotopic (exact) mass is 720 g/mol. The van der Waals surface area contributed by atoms with E-state index in [1.807, 2.05) is 55.4 Å². The van der Waals surface area contributed by atoms with E-state index in [4.69, 9.17) is 0 Å². The summed E-state index contributed by atoms with van der Waals surface area (Å²) in [6, 6.07) is 2.31. The molecule has 13 nitrogen and oxygen atoms in total. The van der Waals surface area contributed by atoms with Crippen molar-refractivity contribution in [2.24, 2.45) is 28.6 Å². The van der Waals surface area contributed by atoms with Gasteiger partial charge >= 0.3 is 6.03 Å². The number of benzene rings is 1. The standard InChI is InChI=1S/C39H56N6O7/c1-21-19-44(29(22(21)2)32(47)41-27(18-23-12-11-13-23)30(46)33(48)40-24-16-17-24)36(51)31(39(6,7)8)43-37(52)42-28(38(3,4)5)20-45-34(49)25-14-9-10-15-26(25)35(45)50/h9-10,14-15,21-24,27-29,31H,11-13,16-20H2,1-8H3,(H,40,48)(H,41,47)(H2,42,43,52)/t21-,22-,27?,28+,29-,31+/m0/s1. The Kier molecular flexibility index (Phi) is 11.2. The number of imide groups is 1. The maximum Gasteiger partial charge on any atom is 0.315 e. The van der Waals surface area contributed by atoms with E-state index in [0.717, 1.165) is 37.0 Å². The Morgan fingerprint density at radius 1 is 0.827 bits per heavy atom. The van der Waals surface area contributed by atoms with E-state index in [9.17, 15) is 33.6 Å². The number of nitrogens with zero attached hydrogens (tertiary/aromatic N) is 2. The highest BCUT2D eigenvalue weighted by molar-refractivity contribution is 6.38. The Labute approximate surface area is 306 Å². The number of ketones is 1. The minimum atomic E-state index is -1.06. The number of carbonyl (C=O) groups is 7. The van der Waals surface area contributed by atoms with Gasteiger partial charge in [0.15, 0.2) is 0 Å². The molecule has 4 N–H and O–H groups in total. The summed E-state index contributed by atoms with van der Waals surface area (Å²) < 4.78 is 0. The number of Topliss-reactive ketones (excluding diaryl/α,β-unsaturated/α-hetero) is 1. The average Bonchev–Trinajstić information content (AvgIpc) is 3.77. The van der Waals surface area contributed by atoms with Crippen LogP contribution in [-0.2, 0) is 19.2 Å². The zero-order chi connectivity index (χ0) is 38.3. The van der Waals surface area contributed by atoms with Crippen LogP contribution in [0.25, 0.3) is 0 Å². The maximum atomic E-state index is 14.5. The molecule has 1 aromatic carbocycles. The lowest BCUT2D eigenvalue weighted by atomic mass is 9.80. The van der Waals surface area contributed by atoms with Gasteiger partial charge in [-0.1, -0.05) is 86.8 Å². The van der Waals surface area contributed by atoms with Gasteiger partial charge in [-0.25, -0.2) is 4.79 Å². The first-order valence-corrected chi connectivity index (χ1v) is 18.8. The number of nitrogens with one attached hydrogen (secondary N) is 4. The van der Waals surface area contributed by atoms with Crippen LogP contribution in [0.15, 0.2) is 24.3 Å². The third-order valence-corrected chi connectivity index (χ3v) is 11.3. The molecule has 6 atom stereocenters. The molecule has 1 saturated heterocycles. The smallest absolute Gasteiger partial charge is 0.315 e. The highest BCUT2D eigenvalue weighted by atomic mass is 16.2. The number of rotatable bonds is 12. The summed E-state index contributed by atoms with van der Waals surface area (Å²) in [7, 11) is 0. The molecule has 7 amide bonds. The summed E-state index contributed by atoms with van der Waals surface area (Å²) in [6.45, 7) is 15.2. The fourth-order valence-electron chi connectivity index (χ4n) is 7.25. The number of carbonyl (C=O) groups excluding carboxylic acids is 7. The average molecular weight is 721 g/mol. The first kappa shape index (κ1) is 38.9. The van der Waals surface area contributed by atoms with Gasteiger partial charge in [0.05, 0.1) is 29.8 Å². The van der Waals surface area contributed by atoms with Crippen LogP contribution in [0.1, 0.15) is 115 Å². The Morgan fingerprint density at radius 2 is 1.42 bits per heavy atom. The summed E-state index contributed by atoms with van der Waals surface area (Å²) in [5.41, 5.74) is -0.736. The van der Waals surface area contributed by atoms with Gasteiger partial charge in [-0.05, 0) is 60.0 Å². The highest BCUT2D eigenvalue weighted by Crippen LogP contribution is 2.34. The third-order valence-electron chi connectivity index (χ3n) is 11.3. The maximum absolute atomic E-state index is 14.5. The second-order valence-corrected chi connectivity index (χ2v) is 17.6. The number of fused-ring (bicyclic) bond motifs is 1. The van der Waals surface area contributed by atoms with Crippen molar-refractivity contribution >= 4 is 41.4 Å². The van der Waals surface area contributed by atoms with E-state index < -0.39 is 76.3 Å². The predicted molar refractivity (Wildman–Crippen MR) is 194 cm³/mol. The van der Waals surface area contributed by atoms with Crippen LogP contribution in [-0.4, -0.2) is 94.4 Å². The molecule has 2 aliphatic carbocycles. The molecule has 5 rings (SSSR count). The highest BCUT2D eigenvalue weighted by Gasteiger charge is 2.49. The summed E-state index contributed by atoms with van der Waals surface area (Å²) in [5, 5.41) is 11.4. The largest absolute Gasteiger partial charge is 0.347 e. The molecule has 4 aliphatic rings. The molecule has 1 unspecified atom stereocenters. The lowest BCUT2D eigenvalue weighted by molar-refractivity contribution is -0.144. The van der Waals surface area contributed by atoms with Gasteiger partial charge in [0, 0.05) is 12.6 Å². The lowest BCUT2D eigenvalue weighted by Crippen LogP contribution is -2.62. The Morgan fingerprint density at radius 3 is 1.92 bits per heavy atom.